The number of rotatable bonds is 4. The zero-order valence-electron chi connectivity index (χ0n) is 11.5. The summed E-state index contributed by atoms with van der Waals surface area (Å²) in [7, 11) is 0. The van der Waals surface area contributed by atoms with Crippen LogP contribution >= 0.6 is 0 Å². The normalized spacial score (nSPS) is 13.8. The van der Waals surface area contributed by atoms with Gasteiger partial charge >= 0.3 is 6.03 Å². The molecule has 1 aromatic carbocycles. The van der Waals surface area contributed by atoms with Crippen LogP contribution in [-0.2, 0) is 0 Å². The van der Waals surface area contributed by atoms with Crippen molar-refractivity contribution in [3.63, 3.8) is 0 Å². The molecule has 0 aliphatic carbocycles. The highest BCUT2D eigenvalue weighted by Gasteiger charge is 2.23. The first-order chi connectivity index (χ1) is 8.41. The van der Waals surface area contributed by atoms with Gasteiger partial charge < -0.3 is 15.7 Å². The summed E-state index contributed by atoms with van der Waals surface area (Å²) in [5.41, 5.74) is 2.28. The lowest BCUT2D eigenvalue weighted by molar-refractivity contribution is 0.172. The van der Waals surface area contributed by atoms with Gasteiger partial charge in [0.25, 0.3) is 0 Å². The Balaban J connectivity index is 2.77. The number of hydrogen-bond donors (Lipinski definition) is 3. The minimum absolute atomic E-state index is 0.0797. The minimum atomic E-state index is -0.583. The lowest BCUT2D eigenvalue weighted by atomic mass is 10.0. The molecule has 0 aliphatic rings. The van der Waals surface area contributed by atoms with Gasteiger partial charge in [0.1, 0.15) is 0 Å². The summed E-state index contributed by atoms with van der Waals surface area (Å²) in [5, 5.41) is 14.9. The van der Waals surface area contributed by atoms with Gasteiger partial charge in [0.05, 0.1) is 12.1 Å². The Kier molecular flexibility index (Phi) is 4.73. The fourth-order valence-corrected chi connectivity index (χ4v) is 1.67. The van der Waals surface area contributed by atoms with E-state index in [1.54, 1.807) is 0 Å². The van der Waals surface area contributed by atoms with Gasteiger partial charge in [0.15, 0.2) is 0 Å². The smallest absolute Gasteiger partial charge is 0.319 e. The zero-order chi connectivity index (χ0) is 13.8. The number of aliphatic hydroxyl groups excluding tert-OH is 1. The molecular formula is C14H22N2O2. The molecule has 1 aromatic rings. The molecule has 0 aromatic heterocycles. The Bertz CT molecular complexity index is 406. The summed E-state index contributed by atoms with van der Waals surface area (Å²) >= 11 is 0. The molecule has 0 saturated carbocycles. The minimum Gasteiger partial charge on any atom is -0.394 e. The van der Waals surface area contributed by atoms with E-state index < -0.39 is 5.54 Å². The number of aryl methyl sites for hydroxylation is 2. The Morgan fingerprint density at radius 1 is 1.33 bits per heavy atom. The lowest BCUT2D eigenvalue weighted by Crippen LogP contribution is -2.50. The number of carbonyl (C=O) groups is 1. The fraction of sp³-hybridized carbons (Fsp3) is 0.500. The molecule has 0 bridgehead atoms. The molecule has 3 N–H and O–H groups in total. The van der Waals surface area contributed by atoms with Gasteiger partial charge in [0, 0.05) is 5.69 Å². The maximum Gasteiger partial charge on any atom is 0.319 e. The number of benzene rings is 1. The van der Waals surface area contributed by atoms with Crippen molar-refractivity contribution in [2.24, 2.45) is 0 Å². The average molecular weight is 250 g/mol. The summed E-state index contributed by atoms with van der Waals surface area (Å²) in [6.45, 7) is 7.57. The molecule has 4 nitrogen and oxygen atoms in total. The topological polar surface area (TPSA) is 61.4 Å². The molecule has 1 unspecified atom stereocenters. The molecule has 1 atom stereocenters. The van der Waals surface area contributed by atoms with Crippen molar-refractivity contribution in [2.45, 2.75) is 39.7 Å². The van der Waals surface area contributed by atoms with E-state index in [0.717, 1.165) is 16.8 Å². The van der Waals surface area contributed by atoms with Gasteiger partial charge in [-0.2, -0.15) is 0 Å². The van der Waals surface area contributed by atoms with Crippen molar-refractivity contribution in [2.75, 3.05) is 11.9 Å². The SMILES string of the molecule is CCC(C)(CO)NC(=O)Nc1c(C)cccc1C. The van der Waals surface area contributed by atoms with Gasteiger partial charge in [-0.25, -0.2) is 4.79 Å². The molecule has 0 saturated heterocycles. The molecule has 1 rings (SSSR count). The number of amides is 2. The third kappa shape index (κ3) is 3.47. The monoisotopic (exact) mass is 250 g/mol. The number of para-hydroxylation sites is 1. The van der Waals surface area contributed by atoms with Crippen LogP contribution in [0.4, 0.5) is 10.5 Å². The van der Waals surface area contributed by atoms with Gasteiger partial charge in [-0.15, -0.1) is 0 Å². The number of hydrogen-bond acceptors (Lipinski definition) is 2. The van der Waals surface area contributed by atoms with Crippen molar-refractivity contribution in [3.05, 3.63) is 29.3 Å². The molecule has 0 spiro atoms. The number of aliphatic hydroxyl groups is 1. The predicted octanol–water partition coefficient (Wildman–Crippen LogP) is 2.59. The molecule has 0 heterocycles. The van der Waals surface area contributed by atoms with E-state index in [2.05, 4.69) is 10.6 Å². The standard InChI is InChI=1S/C14H22N2O2/c1-5-14(4,9-17)16-13(18)15-12-10(2)7-6-8-11(12)3/h6-8,17H,5,9H2,1-4H3,(H2,15,16,18). The van der Waals surface area contributed by atoms with E-state index in [9.17, 15) is 9.90 Å². The molecule has 0 aliphatic heterocycles. The van der Waals surface area contributed by atoms with Crippen LogP contribution in [0.15, 0.2) is 18.2 Å². The third-order valence-electron chi connectivity index (χ3n) is 3.26. The first kappa shape index (κ1) is 14.5. The average Bonchev–Trinajstić information content (AvgIpc) is 2.34. The zero-order valence-corrected chi connectivity index (χ0v) is 11.5. The Morgan fingerprint density at radius 3 is 2.33 bits per heavy atom. The molecule has 18 heavy (non-hydrogen) atoms. The number of urea groups is 1. The molecule has 2 amide bonds. The predicted molar refractivity (Wildman–Crippen MR) is 73.9 cm³/mol. The van der Waals surface area contributed by atoms with E-state index >= 15 is 0 Å². The number of anilines is 1. The summed E-state index contributed by atoms with van der Waals surface area (Å²) < 4.78 is 0. The summed E-state index contributed by atoms with van der Waals surface area (Å²) in [5.74, 6) is 0. The van der Waals surface area contributed by atoms with Crippen LogP contribution < -0.4 is 10.6 Å². The highest BCUT2D eigenvalue weighted by molar-refractivity contribution is 5.91. The van der Waals surface area contributed by atoms with E-state index in [1.807, 2.05) is 45.9 Å². The van der Waals surface area contributed by atoms with Crippen LogP contribution in [0, 0.1) is 13.8 Å². The van der Waals surface area contributed by atoms with Crippen LogP contribution in [-0.4, -0.2) is 23.3 Å². The van der Waals surface area contributed by atoms with E-state index in [0.29, 0.717) is 6.42 Å². The van der Waals surface area contributed by atoms with Gasteiger partial charge in [-0.05, 0) is 38.3 Å². The summed E-state index contributed by atoms with van der Waals surface area (Å²) in [6.07, 6.45) is 0.670. The second-order valence-electron chi connectivity index (χ2n) is 4.92. The largest absolute Gasteiger partial charge is 0.394 e. The van der Waals surface area contributed by atoms with Crippen molar-refractivity contribution < 1.29 is 9.90 Å². The maximum atomic E-state index is 11.9. The van der Waals surface area contributed by atoms with Crippen molar-refractivity contribution in [3.8, 4) is 0 Å². The summed E-state index contributed by atoms with van der Waals surface area (Å²) in [4.78, 5) is 11.9. The number of nitrogens with one attached hydrogen (secondary N) is 2. The van der Waals surface area contributed by atoms with E-state index in [1.165, 1.54) is 0 Å². The first-order valence-electron chi connectivity index (χ1n) is 6.18. The van der Waals surface area contributed by atoms with Crippen LogP contribution in [0.3, 0.4) is 0 Å². The molecular weight excluding hydrogens is 228 g/mol. The third-order valence-corrected chi connectivity index (χ3v) is 3.26. The van der Waals surface area contributed by atoms with Gasteiger partial charge in [-0.3, -0.25) is 0 Å². The molecule has 4 heteroatoms. The first-order valence-corrected chi connectivity index (χ1v) is 6.18. The Labute approximate surface area is 108 Å². The van der Waals surface area contributed by atoms with E-state index in [4.69, 9.17) is 0 Å². The quantitative estimate of drug-likeness (QED) is 0.769. The molecule has 100 valence electrons. The molecule has 0 fully saturated rings. The maximum absolute atomic E-state index is 11.9. The van der Waals surface area contributed by atoms with Crippen molar-refractivity contribution in [1.82, 2.24) is 5.32 Å². The van der Waals surface area contributed by atoms with Gasteiger partial charge in [-0.1, -0.05) is 25.1 Å². The lowest BCUT2D eigenvalue weighted by Gasteiger charge is -2.27. The highest BCUT2D eigenvalue weighted by atomic mass is 16.3. The Morgan fingerprint density at radius 2 is 1.89 bits per heavy atom. The fourth-order valence-electron chi connectivity index (χ4n) is 1.67. The van der Waals surface area contributed by atoms with Crippen LogP contribution in [0.2, 0.25) is 0 Å². The Hall–Kier alpha value is -1.55. The second kappa shape index (κ2) is 5.87. The van der Waals surface area contributed by atoms with Crippen LogP contribution in [0.1, 0.15) is 31.4 Å². The highest BCUT2D eigenvalue weighted by Crippen LogP contribution is 2.19. The van der Waals surface area contributed by atoms with Crippen LogP contribution in [0.25, 0.3) is 0 Å². The summed E-state index contributed by atoms with van der Waals surface area (Å²) in [6, 6.07) is 5.57. The molecule has 0 radical (unpaired) electrons. The van der Waals surface area contributed by atoms with Crippen molar-refractivity contribution in [1.29, 1.82) is 0 Å². The van der Waals surface area contributed by atoms with Crippen LogP contribution in [0.5, 0.6) is 0 Å². The second-order valence-corrected chi connectivity index (χ2v) is 4.92. The number of carbonyl (C=O) groups excluding carboxylic acids is 1. The van der Waals surface area contributed by atoms with E-state index in [-0.39, 0.29) is 12.6 Å². The van der Waals surface area contributed by atoms with Gasteiger partial charge in [0.2, 0.25) is 0 Å². The van der Waals surface area contributed by atoms with Crippen molar-refractivity contribution >= 4 is 11.7 Å².